The smallest absolute Gasteiger partial charge is 0.319 e. The Bertz CT molecular complexity index is 1170. The highest BCUT2D eigenvalue weighted by Crippen LogP contribution is 2.28. The molecule has 6 nitrogen and oxygen atoms in total. The summed E-state index contributed by atoms with van der Waals surface area (Å²) in [6.45, 7) is 0.914. The molecule has 0 fully saturated rings. The Labute approximate surface area is 198 Å². The number of nitrogens with one attached hydrogen (secondary N) is 2. The number of fused-ring (bicyclic) bond motifs is 1. The minimum Gasteiger partial charge on any atom is -0.497 e. The van der Waals surface area contributed by atoms with Crippen molar-refractivity contribution in [2.45, 2.75) is 25.8 Å². The van der Waals surface area contributed by atoms with E-state index in [1.807, 2.05) is 23.1 Å². The number of amides is 3. The number of urea groups is 1. The number of rotatable bonds is 5. The van der Waals surface area contributed by atoms with Gasteiger partial charge in [0.15, 0.2) is 0 Å². The molecule has 0 atom stereocenters. The van der Waals surface area contributed by atoms with Crippen LogP contribution in [0.25, 0.3) is 0 Å². The van der Waals surface area contributed by atoms with Crippen LogP contribution in [0.15, 0.2) is 66.7 Å². The van der Waals surface area contributed by atoms with Crippen LogP contribution < -0.4 is 20.3 Å². The molecule has 0 radical (unpaired) electrons. The first-order valence-electron chi connectivity index (χ1n) is 10.9. The fourth-order valence-electron chi connectivity index (χ4n) is 3.93. The van der Waals surface area contributed by atoms with Crippen LogP contribution in [0.5, 0.6) is 5.75 Å². The number of halogens is 1. The van der Waals surface area contributed by atoms with Gasteiger partial charge in [-0.1, -0.05) is 41.9 Å². The maximum atomic E-state index is 13.3. The lowest BCUT2D eigenvalue weighted by Crippen LogP contribution is -2.32. The Morgan fingerprint density at radius 1 is 1.03 bits per heavy atom. The van der Waals surface area contributed by atoms with Crippen LogP contribution >= 0.6 is 11.6 Å². The molecule has 3 aromatic rings. The summed E-state index contributed by atoms with van der Waals surface area (Å²) in [4.78, 5) is 27.4. The molecule has 0 bridgehead atoms. The first-order chi connectivity index (χ1) is 16.0. The quantitative estimate of drug-likeness (QED) is 0.513. The van der Waals surface area contributed by atoms with Crippen molar-refractivity contribution < 1.29 is 14.3 Å². The third-order valence-corrected chi connectivity index (χ3v) is 6.02. The molecule has 33 heavy (non-hydrogen) atoms. The number of carbonyl (C=O) groups is 2. The van der Waals surface area contributed by atoms with Gasteiger partial charge in [0.25, 0.3) is 5.91 Å². The molecular weight excluding hydrogens is 438 g/mol. The summed E-state index contributed by atoms with van der Waals surface area (Å²) in [6, 6.07) is 20.0. The highest BCUT2D eigenvalue weighted by Gasteiger charge is 2.22. The van der Waals surface area contributed by atoms with Gasteiger partial charge in [-0.3, -0.25) is 4.79 Å². The van der Waals surface area contributed by atoms with E-state index in [1.165, 1.54) is 5.56 Å². The minimum atomic E-state index is -0.361. The zero-order valence-electron chi connectivity index (χ0n) is 18.4. The van der Waals surface area contributed by atoms with Crippen LogP contribution in [0.3, 0.4) is 0 Å². The molecule has 7 heteroatoms. The molecule has 0 aromatic heterocycles. The maximum absolute atomic E-state index is 13.3. The van der Waals surface area contributed by atoms with Gasteiger partial charge in [-0.05, 0) is 60.7 Å². The SMILES string of the molecule is COc1cccc(NC(=O)NCc2ccc(C(=O)N3CCCCc4ccccc43)cc2Cl)c1. The van der Waals surface area contributed by atoms with Crippen molar-refractivity contribution in [3.8, 4) is 5.75 Å². The molecule has 2 N–H and O–H groups in total. The van der Waals surface area contributed by atoms with Gasteiger partial charge in [-0.25, -0.2) is 4.79 Å². The third kappa shape index (κ3) is 5.46. The van der Waals surface area contributed by atoms with E-state index < -0.39 is 0 Å². The van der Waals surface area contributed by atoms with E-state index in [-0.39, 0.29) is 18.5 Å². The summed E-state index contributed by atoms with van der Waals surface area (Å²) in [5, 5.41) is 5.98. The van der Waals surface area contributed by atoms with E-state index in [9.17, 15) is 9.59 Å². The second-order valence-corrected chi connectivity index (χ2v) is 8.30. The van der Waals surface area contributed by atoms with Crippen LogP contribution in [0.1, 0.15) is 34.3 Å². The molecule has 0 unspecified atom stereocenters. The number of benzene rings is 3. The summed E-state index contributed by atoms with van der Waals surface area (Å²) >= 11 is 6.47. The van der Waals surface area contributed by atoms with E-state index in [0.717, 1.165) is 30.5 Å². The Balaban J connectivity index is 1.42. The molecular formula is C26H26ClN3O3. The van der Waals surface area contributed by atoms with Crippen molar-refractivity contribution in [3.05, 3.63) is 88.4 Å². The standard InChI is InChI=1S/C26H26ClN3O3/c1-33-22-10-6-9-21(16-22)29-26(32)28-17-20-13-12-19(15-23(20)27)25(31)30-14-5-4-8-18-7-2-3-11-24(18)30/h2-3,6-7,9-13,15-16H,4-5,8,14,17H2,1H3,(H2,28,29,32). The average molecular weight is 464 g/mol. The molecule has 0 saturated heterocycles. The zero-order valence-corrected chi connectivity index (χ0v) is 19.2. The molecule has 0 spiro atoms. The van der Waals surface area contributed by atoms with Crippen molar-refractivity contribution in [1.29, 1.82) is 0 Å². The predicted octanol–water partition coefficient (Wildman–Crippen LogP) is 5.65. The number of para-hydroxylation sites is 1. The van der Waals surface area contributed by atoms with Gasteiger partial charge in [0.2, 0.25) is 0 Å². The Hall–Kier alpha value is -3.51. The number of aryl methyl sites for hydroxylation is 1. The fourth-order valence-corrected chi connectivity index (χ4v) is 4.18. The molecule has 0 aliphatic carbocycles. The lowest BCUT2D eigenvalue weighted by molar-refractivity contribution is 0.0987. The molecule has 1 aliphatic heterocycles. The van der Waals surface area contributed by atoms with Gasteiger partial charge < -0.3 is 20.3 Å². The van der Waals surface area contributed by atoms with Gasteiger partial charge >= 0.3 is 6.03 Å². The largest absolute Gasteiger partial charge is 0.497 e. The summed E-state index contributed by atoms with van der Waals surface area (Å²) in [5.74, 6) is 0.588. The first-order valence-corrected chi connectivity index (χ1v) is 11.3. The van der Waals surface area contributed by atoms with E-state index >= 15 is 0 Å². The zero-order chi connectivity index (χ0) is 23.2. The van der Waals surface area contributed by atoms with Crippen molar-refractivity contribution in [2.24, 2.45) is 0 Å². The van der Waals surface area contributed by atoms with E-state index in [1.54, 1.807) is 49.6 Å². The summed E-state index contributed by atoms with van der Waals surface area (Å²) in [5.41, 5.74) is 4.04. The van der Waals surface area contributed by atoms with Gasteiger partial charge in [0.05, 0.1) is 7.11 Å². The van der Waals surface area contributed by atoms with Crippen LogP contribution in [0, 0.1) is 0 Å². The van der Waals surface area contributed by atoms with E-state index in [2.05, 4.69) is 16.7 Å². The highest BCUT2D eigenvalue weighted by atomic mass is 35.5. The van der Waals surface area contributed by atoms with Crippen LogP contribution in [0.4, 0.5) is 16.2 Å². The molecule has 1 aliphatic rings. The minimum absolute atomic E-state index is 0.0680. The number of nitrogens with zero attached hydrogens (tertiary/aromatic N) is 1. The van der Waals surface area contributed by atoms with E-state index in [0.29, 0.717) is 28.6 Å². The van der Waals surface area contributed by atoms with Gasteiger partial charge in [0.1, 0.15) is 5.75 Å². The molecule has 170 valence electrons. The molecule has 0 saturated carbocycles. The average Bonchev–Trinajstić information content (AvgIpc) is 3.05. The monoisotopic (exact) mass is 463 g/mol. The van der Waals surface area contributed by atoms with Gasteiger partial charge in [0, 0.05) is 41.1 Å². The maximum Gasteiger partial charge on any atom is 0.319 e. The highest BCUT2D eigenvalue weighted by molar-refractivity contribution is 6.31. The molecule has 4 rings (SSSR count). The second kappa shape index (κ2) is 10.4. The van der Waals surface area contributed by atoms with E-state index in [4.69, 9.17) is 16.3 Å². The Kier molecular flexibility index (Phi) is 7.15. The summed E-state index contributed by atoms with van der Waals surface area (Å²) in [6.07, 6.45) is 2.99. The van der Waals surface area contributed by atoms with Crippen LogP contribution in [-0.2, 0) is 13.0 Å². The number of carbonyl (C=O) groups excluding carboxylic acids is 2. The summed E-state index contributed by atoms with van der Waals surface area (Å²) < 4.78 is 5.16. The van der Waals surface area contributed by atoms with Crippen molar-refractivity contribution >= 4 is 34.9 Å². The lowest BCUT2D eigenvalue weighted by atomic mass is 10.1. The van der Waals surface area contributed by atoms with Crippen molar-refractivity contribution in [1.82, 2.24) is 5.32 Å². The molecule has 3 amide bonds. The third-order valence-electron chi connectivity index (χ3n) is 5.67. The van der Waals surface area contributed by atoms with Gasteiger partial charge in [-0.15, -0.1) is 0 Å². The number of anilines is 2. The molecule has 3 aromatic carbocycles. The van der Waals surface area contributed by atoms with Crippen LogP contribution in [0.2, 0.25) is 5.02 Å². The topological polar surface area (TPSA) is 70.7 Å². The van der Waals surface area contributed by atoms with Crippen molar-refractivity contribution in [2.75, 3.05) is 23.9 Å². The first kappa shape index (κ1) is 22.7. The lowest BCUT2D eigenvalue weighted by Gasteiger charge is -2.23. The van der Waals surface area contributed by atoms with Crippen molar-refractivity contribution in [3.63, 3.8) is 0 Å². The number of methoxy groups -OCH3 is 1. The normalized spacial score (nSPS) is 13.0. The fraction of sp³-hybridized carbons (Fsp3) is 0.231. The van der Waals surface area contributed by atoms with Gasteiger partial charge in [-0.2, -0.15) is 0 Å². The number of hydrogen-bond donors (Lipinski definition) is 2. The Morgan fingerprint density at radius 3 is 2.70 bits per heavy atom. The Morgan fingerprint density at radius 2 is 1.88 bits per heavy atom. The number of ether oxygens (including phenoxy) is 1. The number of hydrogen-bond acceptors (Lipinski definition) is 3. The second-order valence-electron chi connectivity index (χ2n) is 7.89. The van der Waals surface area contributed by atoms with Crippen LogP contribution in [-0.4, -0.2) is 25.6 Å². The predicted molar refractivity (Wildman–Crippen MR) is 131 cm³/mol. The summed E-state index contributed by atoms with van der Waals surface area (Å²) in [7, 11) is 1.57. The molecule has 1 heterocycles.